The number of amidine groups is 1. The van der Waals surface area contributed by atoms with Gasteiger partial charge in [0, 0.05) is 5.75 Å². The first-order valence-corrected chi connectivity index (χ1v) is 6.98. The molecule has 0 amide bonds. The number of aliphatic imine (C=N–C) groups is 1. The van der Waals surface area contributed by atoms with Gasteiger partial charge in [-0.2, -0.15) is 0 Å². The second-order valence-corrected chi connectivity index (χ2v) is 5.37. The maximum absolute atomic E-state index is 13.1. The van der Waals surface area contributed by atoms with Crippen LogP contribution in [0.5, 0.6) is 0 Å². The van der Waals surface area contributed by atoms with Crippen molar-refractivity contribution in [2.75, 3.05) is 11.1 Å². The number of nitrogens with one attached hydrogen (secondary N) is 1. The lowest BCUT2D eigenvalue weighted by Crippen LogP contribution is -2.19. The Hall–Kier alpha value is -0.740. The third-order valence-electron chi connectivity index (χ3n) is 2.63. The number of nitrogens with zero attached hydrogens (tertiary/aromatic N) is 1. The highest BCUT2D eigenvalue weighted by Crippen LogP contribution is 2.26. The van der Waals surface area contributed by atoms with Gasteiger partial charge in [0.2, 0.25) is 0 Å². The van der Waals surface area contributed by atoms with Gasteiger partial charge in [-0.1, -0.05) is 30.3 Å². The van der Waals surface area contributed by atoms with Gasteiger partial charge in [0.05, 0.1) is 16.8 Å². The fourth-order valence-corrected chi connectivity index (χ4v) is 2.79. The molecule has 1 aliphatic heterocycles. The van der Waals surface area contributed by atoms with E-state index in [0.29, 0.717) is 16.8 Å². The highest BCUT2D eigenvalue weighted by molar-refractivity contribution is 8.14. The van der Waals surface area contributed by atoms with Gasteiger partial charge in [0.15, 0.2) is 5.17 Å². The lowest BCUT2D eigenvalue weighted by atomic mass is 10.2. The van der Waals surface area contributed by atoms with E-state index in [-0.39, 0.29) is 5.82 Å². The first kappa shape index (κ1) is 12.7. The molecule has 0 spiro atoms. The van der Waals surface area contributed by atoms with Crippen LogP contribution in [0, 0.1) is 5.82 Å². The number of benzene rings is 1. The van der Waals surface area contributed by atoms with E-state index in [9.17, 15) is 4.39 Å². The average molecular weight is 273 g/mol. The van der Waals surface area contributed by atoms with Crippen molar-refractivity contribution in [1.82, 2.24) is 0 Å². The molecule has 1 aromatic carbocycles. The molecule has 1 aliphatic rings. The van der Waals surface area contributed by atoms with Gasteiger partial charge >= 0.3 is 0 Å². The summed E-state index contributed by atoms with van der Waals surface area (Å²) in [7, 11) is 0. The molecular weight excluding hydrogens is 259 g/mol. The number of anilines is 1. The van der Waals surface area contributed by atoms with E-state index < -0.39 is 0 Å². The van der Waals surface area contributed by atoms with Crippen molar-refractivity contribution in [2.45, 2.75) is 25.8 Å². The lowest BCUT2D eigenvalue weighted by Gasteiger charge is -2.19. The number of hydrogen-bond donors (Lipinski definition) is 1. The van der Waals surface area contributed by atoms with Gasteiger partial charge in [0.25, 0.3) is 0 Å². The van der Waals surface area contributed by atoms with Crippen LogP contribution in [0.15, 0.2) is 23.2 Å². The highest BCUT2D eigenvalue weighted by atomic mass is 35.5. The quantitative estimate of drug-likeness (QED) is 0.874. The van der Waals surface area contributed by atoms with Crippen molar-refractivity contribution in [1.29, 1.82) is 0 Å². The topological polar surface area (TPSA) is 24.4 Å². The molecule has 2 nitrogen and oxygen atoms in total. The van der Waals surface area contributed by atoms with Gasteiger partial charge in [-0.25, -0.2) is 4.39 Å². The van der Waals surface area contributed by atoms with E-state index in [1.807, 2.05) is 0 Å². The summed E-state index contributed by atoms with van der Waals surface area (Å²) < 4.78 is 13.1. The summed E-state index contributed by atoms with van der Waals surface area (Å²) in [5, 5.41) is 4.43. The van der Waals surface area contributed by atoms with Crippen LogP contribution in [0.3, 0.4) is 0 Å². The van der Waals surface area contributed by atoms with E-state index in [4.69, 9.17) is 11.6 Å². The van der Waals surface area contributed by atoms with Crippen molar-refractivity contribution in [3.05, 3.63) is 29.0 Å². The molecule has 0 saturated carbocycles. The molecule has 1 heterocycles. The minimum absolute atomic E-state index is 0.301. The monoisotopic (exact) mass is 272 g/mol. The lowest BCUT2D eigenvalue weighted by molar-refractivity contribution is 0.628. The summed E-state index contributed by atoms with van der Waals surface area (Å²) in [6.45, 7) is 2.12. The molecule has 1 atom stereocenters. The molecule has 0 bridgehead atoms. The Labute approximate surface area is 110 Å². The van der Waals surface area contributed by atoms with Crippen LogP contribution in [0.2, 0.25) is 5.02 Å². The summed E-state index contributed by atoms with van der Waals surface area (Å²) >= 11 is 7.64. The van der Waals surface area contributed by atoms with Crippen LogP contribution in [-0.4, -0.2) is 17.0 Å². The van der Waals surface area contributed by atoms with Gasteiger partial charge in [-0.3, -0.25) is 4.99 Å². The van der Waals surface area contributed by atoms with Crippen LogP contribution >= 0.6 is 23.4 Å². The number of rotatable bonds is 2. The standard InChI is InChI=1S/C12H14ClFN2S/c1-2-9-5-6-17-12(15-9)16-11-7-8(14)3-4-10(11)13/h3-4,7,9H,2,5-6H2,1H3,(H,15,16). The fraction of sp³-hybridized carbons (Fsp3) is 0.417. The van der Waals surface area contributed by atoms with Crippen LogP contribution in [0.4, 0.5) is 10.1 Å². The summed E-state index contributed by atoms with van der Waals surface area (Å²) in [6, 6.07) is 4.65. The SMILES string of the molecule is CCC1CCSC(Nc2cc(F)ccc2Cl)=N1. The zero-order valence-electron chi connectivity index (χ0n) is 9.54. The summed E-state index contributed by atoms with van der Waals surface area (Å²) in [4.78, 5) is 4.55. The number of hydrogen-bond acceptors (Lipinski definition) is 3. The molecular formula is C12H14ClFN2S. The zero-order chi connectivity index (χ0) is 12.3. The Bertz CT molecular complexity index is 437. The van der Waals surface area contributed by atoms with E-state index >= 15 is 0 Å². The molecule has 0 radical (unpaired) electrons. The van der Waals surface area contributed by atoms with Crippen molar-refractivity contribution in [3.8, 4) is 0 Å². The molecule has 1 aromatic rings. The third-order valence-corrected chi connectivity index (χ3v) is 3.88. The second kappa shape index (κ2) is 5.74. The average Bonchev–Trinajstić information content (AvgIpc) is 2.34. The zero-order valence-corrected chi connectivity index (χ0v) is 11.1. The Morgan fingerprint density at radius 2 is 2.41 bits per heavy atom. The second-order valence-electron chi connectivity index (χ2n) is 3.88. The van der Waals surface area contributed by atoms with Crippen molar-refractivity contribution in [2.24, 2.45) is 4.99 Å². The predicted molar refractivity (Wildman–Crippen MR) is 73.6 cm³/mol. The van der Waals surface area contributed by atoms with Gasteiger partial charge in [0.1, 0.15) is 5.82 Å². The number of halogens is 2. The minimum Gasteiger partial charge on any atom is -0.334 e. The molecule has 5 heteroatoms. The van der Waals surface area contributed by atoms with Gasteiger partial charge < -0.3 is 5.32 Å². The largest absolute Gasteiger partial charge is 0.334 e. The predicted octanol–water partition coefficient (Wildman–Crippen LogP) is 4.16. The van der Waals surface area contributed by atoms with Gasteiger partial charge in [-0.15, -0.1) is 0 Å². The highest BCUT2D eigenvalue weighted by Gasteiger charge is 2.15. The molecule has 92 valence electrons. The Kier molecular flexibility index (Phi) is 4.29. The normalized spacial score (nSPS) is 19.9. The van der Waals surface area contributed by atoms with Crippen LogP contribution in [0.25, 0.3) is 0 Å². The maximum atomic E-state index is 13.1. The van der Waals surface area contributed by atoms with E-state index in [2.05, 4.69) is 17.2 Å². The Balaban J connectivity index is 2.15. The first-order chi connectivity index (χ1) is 8.19. The summed E-state index contributed by atoms with van der Waals surface area (Å²) in [6.07, 6.45) is 2.13. The van der Waals surface area contributed by atoms with Crippen LogP contribution < -0.4 is 5.32 Å². The molecule has 0 aromatic heterocycles. The molecule has 1 unspecified atom stereocenters. The van der Waals surface area contributed by atoms with E-state index in [1.54, 1.807) is 17.8 Å². The Morgan fingerprint density at radius 3 is 3.18 bits per heavy atom. The number of thioether (sulfide) groups is 1. The molecule has 17 heavy (non-hydrogen) atoms. The summed E-state index contributed by atoms with van der Waals surface area (Å²) in [5.74, 6) is 0.738. The molecule has 1 N–H and O–H groups in total. The maximum Gasteiger partial charge on any atom is 0.161 e. The summed E-state index contributed by atoms with van der Waals surface area (Å²) in [5.41, 5.74) is 0.578. The van der Waals surface area contributed by atoms with Crippen molar-refractivity contribution >= 4 is 34.2 Å². The van der Waals surface area contributed by atoms with Crippen molar-refractivity contribution in [3.63, 3.8) is 0 Å². The minimum atomic E-state index is -0.301. The molecule has 0 saturated heterocycles. The van der Waals surface area contributed by atoms with Crippen molar-refractivity contribution < 1.29 is 4.39 Å². The molecule has 0 aliphatic carbocycles. The first-order valence-electron chi connectivity index (χ1n) is 5.61. The fourth-order valence-electron chi connectivity index (χ4n) is 1.63. The smallest absolute Gasteiger partial charge is 0.161 e. The Morgan fingerprint density at radius 1 is 1.59 bits per heavy atom. The van der Waals surface area contributed by atoms with Crippen LogP contribution in [-0.2, 0) is 0 Å². The van der Waals surface area contributed by atoms with E-state index in [1.165, 1.54) is 12.1 Å². The molecule has 0 fully saturated rings. The van der Waals surface area contributed by atoms with E-state index in [0.717, 1.165) is 23.8 Å². The van der Waals surface area contributed by atoms with Gasteiger partial charge in [-0.05, 0) is 31.0 Å². The third kappa shape index (κ3) is 3.36. The van der Waals surface area contributed by atoms with Crippen LogP contribution in [0.1, 0.15) is 19.8 Å². The molecule has 2 rings (SSSR count).